The van der Waals surface area contributed by atoms with Crippen molar-refractivity contribution in [3.63, 3.8) is 0 Å². The average molecular weight is 233 g/mol. The molecule has 1 aromatic carbocycles. The Bertz CT molecular complexity index is 424. The average Bonchev–Trinajstić information content (AvgIpc) is 2.29. The summed E-state index contributed by atoms with van der Waals surface area (Å²) in [5.74, 6) is -2.83. The molecule has 0 aliphatic rings. The molecule has 1 aromatic rings. The van der Waals surface area contributed by atoms with Crippen molar-refractivity contribution in [3.05, 3.63) is 35.9 Å². The number of carboxylic acid groups (broad SMARTS) is 1. The zero-order chi connectivity index (χ0) is 12.8. The second-order valence-corrected chi connectivity index (χ2v) is 3.94. The number of hydrogen-bond donors (Lipinski definition) is 1. The predicted molar refractivity (Wildman–Crippen MR) is 65.5 cm³/mol. The van der Waals surface area contributed by atoms with Crippen LogP contribution in [0.25, 0.3) is 0 Å². The van der Waals surface area contributed by atoms with Crippen LogP contribution in [0, 0.1) is 5.92 Å². The minimum Gasteiger partial charge on any atom is -0.480 e. The monoisotopic (exact) mass is 233 g/mol. The zero-order valence-electron chi connectivity index (χ0n) is 9.83. The maximum atomic E-state index is 11.9. The number of Topliss-reactive ketones (excluding diaryl/α,β-unsaturated/α-hetero) is 1. The first kappa shape index (κ1) is 13.1. The molecule has 0 spiro atoms. The molecule has 0 heterocycles. The number of carbonyl (C=O) groups excluding carboxylic acids is 1. The van der Waals surface area contributed by atoms with Gasteiger partial charge in [0, 0.05) is 17.8 Å². The Labute approximate surface area is 100.0 Å². The van der Waals surface area contributed by atoms with Crippen molar-refractivity contribution in [2.24, 2.45) is 10.9 Å². The number of rotatable bonds is 5. The molecule has 0 aliphatic heterocycles. The number of carboxylic acids is 1. The van der Waals surface area contributed by atoms with Crippen LogP contribution < -0.4 is 0 Å². The first-order valence-corrected chi connectivity index (χ1v) is 5.37. The first-order chi connectivity index (χ1) is 8.02. The highest BCUT2D eigenvalue weighted by Gasteiger charge is 2.25. The van der Waals surface area contributed by atoms with Gasteiger partial charge >= 0.3 is 5.97 Å². The molecule has 0 saturated carbocycles. The van der Waals surface area contributed by atoms with Gasteiger partial charge < -0.3 is 5.11 Å². The van der Waals surface area contributed by atoms with Gasteiger partial charge in [0.1, 0.15) is 0 Å². The molecule has 0 radical (unpaired) electrons. The minimum atomic E-state index is -1.21. The summed E-state index contributed by atoms with van der Waals surface area (Å²) in [7, 11) is 0. The van der Waals surface area contributed by atoms with Gasteiger partial charge in [0.05, 0.1) is 0 Å². The van der Waals surface area contributed by atoms with Crippen LogP contribution in [0.15, 0.2) is 35.3 Å². The van der Waals surface area contributed by atoms with Crippen molar-refractivity contribution in [1.29, 1.82) is 0 Å². The summed E-state index contributed by atoms with van der Waals surface area (Å²) in [5.41, 5.74) is 0.384. The highest BCUT2D eigenvalue weighted by molar-refractivity contribution is 6.17. The molecule has 4 heteroatoms. The van der Waals surface area contributed by atoms with Crippen LogP contribution in [0.1, 0.15) is 24.2 Å². The Kier molecular flexibility index (Phi) is 4.57. The van der Waals surface area contributed by atoms with Crippen molar-refractivity contribution in [1.82, 2.24) is 0 Å². The summed E-state index contributed by atoms with van der Waals surface area (Å²) in [4.78, 5) is 26.9. The fourth-order valence-electron chi connectivity index (χ4n) is 1.28. The van der Waals surface area contributed by atoms with Crippen LogP contribution in [0.2, 0.25) is 0 Å². The van der Waals surface area contributed by atoms with E-state index in [1.165, 1.54) is 6.21 Å². The highest BCUT2D eigenvalue weighted by Crippen LogP contribution is 2.08. The molecule has 1 unspecified atom stereocenters. The Morgan fingerprint density at radius 1 is 1.24 bits per heavy atom. The van der Waals surface area contributed by atoms with Crippen molar-refractivity contribution in [3.8, 4) is 0 Å². The second kappa shape index (κ2) is 5.94. The number of ketones is 1. The van der Waals surface area contributed by atoms with E-state index in [-0.39, 0.29) is 6.04 Å². The van der Waals surface area contributed by atoms with Crippen molar-refractivity contribution in [2.75, 3.05) is 0 Å². The lowest BCUT2D eigenvalue weighted by Crippen LogP contribution is -2.25. The Morgan fingerprint density at radius 3 is 2.29 bits per heavy atom. The van der Waals surface area contributed by atoms with E-state index in [1.807, 2.05) is 13.8 Å². The third-order valence-corrected chi connectivity index (χ3v) is 2.14. The fourth-order valence-corrected chi connectivity index (χ4v) is 1.28. The molecular formula is C13H15NO3. The number of carbonyl (C=O) groups is 2. The standard InChI is InChI=1S/C13H15NO3/c1-9(2)14-8-11(13(16)17)12(15)10-6-4-3-5-7-10/h3-9,11H,1-2H3,(H,16,17). The van der Waals surface area contributed by atoms with Crippen molar-refractivity contribution in [2.45, 2.75) is 19.9 Å². The van der Waals surface area contributed by atoms with E-state index in [0.717, 1.165) is 0 Å². The van der Waals surface area contributed by atoms with E-state index >= 15 is 0 Å². The van der Waals surface area contributed by atoms with Crippen LogP contribution >= 0.6 is 0 Å². The second-order valence-electron chi connectivity index (χ2n) is 3.94. The molecule has 1 atom stereocenters. The zero-order valence-corrected chi connectivity index (χ0v) is 9.83. The van der Waals surface area contributed by atoms with E-state index in [0.29, 0.717) is 5.56 Å². The van der Waals surface area contributed by atoms with Gasteiger partial charge in [0.15, 0.2) is 11.7 Å². The van der Waals surface area contributed by atoms with Gasteiger partial charge in [-0.1, -0.05) is 30.3 Å². The predicted octanol–water partition coefficient (Wildman–Crippen LogP) is 2.05. The normalized spacial score (nSPS) is 12.9. The molecule has 4 nitrogen and oxygen atoms in total. The minimum absolute atomic E-state index is 0.0274. The number of hydrogen-bond acceptors (Lipinski definition) is 3. The summed E-state index contributed by atoms with van der Waals surface area (Å²) in [6.07, 6.45) is 1.21. The lowest BCUT2D eigenvalue weighted by molar-refractivity contribution is -0.137. The maximum Gasteiger partial charge on any atom is 0.319 e. The third kappa shape index (κ3) is 3.83. The van der Waals surface area contributed by atoms with E-state index < -0.39 is 17.7 Å². The number of nitrogens with zero attached hydrogens (tertiary/aromatic N) is 1. The number of benzene rings is 1. The van der Waals surface area contributed by atoms with E-state index in [4.69, 9.17) is 5.11 Å². The number of aliphatic carboxylic acids is 1. The lowest BCUT2D eigenvalue weighted by Gasteiger charge is -2.06. The first-order valence-electron chi connectivity index (χ1n) is 5.37. The highest BCUT2D eigenvalue weighted by atomic mass is 16.4. The molecule has 0 amide bonds. The summed E-state index contributed by atoms with van der Waals surface area (Å²) < 4.78 is 0. The Balaban J connectivity index is 2.93. The van der Waals surface area contributed by atoms with Crippen LogP contribution in [0.4, 0.5) is 0 Å². The summed E-state index contributed by atoms with van der Waals surface area (Å²) in [5, 5.41) is 9.01. The largest absolute Gasteiger partial charge is 0.480 e. The summed E-state index contributed by atoms with van der Waals surface area (Å²) in [6.45, 7) is 3.64. The molecule has 1 rings (SSSR count). The lowest BCUT2D eigenvalue weighted by atomic mass is 9.99. The van der Waals surface area contributed by atoms with Crippen molar-refractivity contribution >= 4 is 18.0 Å². The Morgan fingerprint density at radius 2 is 1.82 bits per heavy atom. The van der Waals surface area contributed by atoms with Gasteiger partial charge in [-0.15, -0.1) is 0 Å². The van der Waals surface area contributed by atoms with Crippen molar-refractivity contribution < 1.29 is 14.7 Å². The van der Waals surface area contributed by atoms with E-state index in [9.17, 15) is 9.59 Å². The molecule has 1 N–H and O–H groups in total. The quantitative estimate of drug-likeness (QED) is 0.481. The molecule has 0 fully saturated rings. The van der Waals surface area contributed by atoms with Gasteiger partial charge in [-0.2, -0.15) is 0 Å². The Hall–Kier alpha value is -1.97. The smallest absolute Gasteiger partial charge is 0.319 e. The van der Waals surface area contributed by atoms with Crippen LogP contribution in [-0.4, -0.2) is 29.1 Å². The maximum absolute atomic E-state index is 11.9. The van der Waals surface area contributed by atoms with Gasteiger partial charge in [-0.25, -0.2) is 0 Å². The molecule has 0 aliphatic carbocycles. The van der Waals surface area contributed by atoms with E-state index in [2.05, 4.69) is 4.99 Å². The van der Waals surface area contributed by atoms with E-state index in [1.54, 1.807) is 30.3 Å². The van der Waals surface area contributed by atoms with Gasteiger partial charge in [-0.3, -0.25) is 14.6 Å². The summed E-state index contributed by atoms with van der Waals surface area (Å²) in [6, 6.07) is 8.34. The van der Waals surface area contributed by atoms with Gasteiger partial charge in [0.2, 0.25) is 0 Å². The number of aliphatic imine (C=N–C) groups is 1. The topological polar surface area (TPSA) is 66.7 Å². The van der Waals surface area contributed by atoms with Gasteiger partial charge in [-0.05, 0) is 13.8 Å². The summed E-state index contributed by atoms with van der Waals surface area (Å²) >= 11 is 0. The molecule has 0 bridgehead atoms. The fraction of sp³-hybridized carbons (Fsp3) is 0.308. The van der Waals surface area contributed by atoms with Gasteiger partial charge in [0.25, 0.3) is 0 Å². The molecule has 0 aromatic heterocycles. The molecular weight excluding hydrogens is 218 g/mol. The van der Waals surface area contributed by atoms with Crippen LogP contribution in [-0.2, 0) is 4.79 Å². The molecule has 17 heavy (non-hydrogen) atoms. The van der Waals surface area contributed by atoms with Crippen LogP contribution in [0.3, 0.4) is 0 Å². The molecule has 90 valence electrons. The SMILES string of the molecule is CC(C)N=CC(C(=O)O)C(=O)c1ccccc1. The van der Waals surface area contributed by atoms with Crippen LogP contribution in [0.5, 0.6) is 0 Å². The molecule has 0 saturated heterocycles. The third-order valence-electron chi connectivity index (χ3n) is 2.14.